The van der Waals surface area contributed by atoms with Gasteiger partial charge >= 0.3 is 10.1 Å². The molecule has 110 valence electrons. The van der Waals surface area contributed by atoms with E-state index in [0.717, 1.165) is 5.56 Å². The molecule has 0 fully saturated rings. The van der Waals surface area contributed by atoms with Gasteiger partial charge in [0.25, 0.3) is 5.69 Å². The fourth-order valence-electron chi connectivity index (χ4n) is 1.76. The van der Waals surface area contributed by atoms with Gasteiger partial charge in [-0.3, -0.25) is 10.1 Å². The van der Waals surface area contributed by atoms with Crippen molar-refractivity contribution in [2.24, 2.45) is 0 Å². The lowest BCUT2D eigenvalue weighted by Crippen LogP contribution is -2.09. The molecule has 0 saturated heterocycles. The standard InChI is InChI=1S/C14H13NO5S/c1-10-3-6-13(7-4-10)21(18,19)20-12-5-8-14(15(16)17)11(2)9-12/h3-9H,1-2H3. The van der Waals surface area contributed by atoms with E-state index in [0.29, 0.717) is 5.56 Å². The van der Waals surface area contributed by atoms with Gasteiger partial charge in [0.05, 0.1) is 4.92 Å². The van der Waals surface area contributed by atoms with E-state index in [-0.39, 0.29) is 16.3 Å². The van der Waals surface area contributed by atoms with Gasteiger partial charge in [0, 0.05) is 11.6 Å². The predicted octanol–water partition coefficient (Wildman–Crippen LogP) is 2.98. The molecule has 6 nitrogen and oxygen atoms in total. The Morgan fingerprint density at radius 3 is 2.19 bits per heavy atom. The zero-order chi connectivity index (χ0) is 15.6. The van der Waals surface area contributed by atoms with Crippen molar-refractivity contribution in [3.63, 3.8) is 0 Å². The number of nitro benzene ring substituents is 1. The van der Waals surface area contributed by atoms with E-state index in [1.807, 2.05) is 6.92 Å². The summed E-state index contributed by atoms with van der Waals surface area (Å²) in [6, 6.07) is 10.0. The predicted molar refractivity (Wildman–Crippen MR) is 76.8 cm³/mol. The van der Waals surface area contributed by atoms with Gasteiger partial charge in [0.1, 0.15) is 10.6 Å². The third kappa shape index (κ3) is 3.38. The highest BCUT2D eigenvalue weighted by atomic mass is 32.2. The van der Waals surface area contributed by atoms with Crippen molar-refractivity contribution >= 4 is 15.8 Å². The number of nitrogens with zero attached hydrogens (tertiary/aromatic N) is 1. The van der Waals surface area contributed by atoms with E-state index >= 15 is 0 Å². The minimum Gasteiger partial charge on any atom is -0.379 e. The van der Waals surface area contributed by atoms with Crippen molar-refractivity contribution in [3.8, 4) is 5.75 Å². The summed E-state index contributed by atoms with van der Waals surface area (Å²) >= 11 is 0. The Labute approximate surface area is 122 Å². The Morgan fingerprint density at radius 2 is 1.67 bits per heavy atom. The fourth-order valence-corrected chi connectivity index (χ4v) is 2.69. The van der Waals surface area contributed by atoms with Crippen LogP contribution in [0.5, 0.6) is 5.75 Å². The van der Waals surface area contributed by atoms with Gasteiger partial charge in [0.2, 0.25) is 0 Å². The lowest BCUT2D eigenvalue weighted by molar-refractivity contribution is -0.385. The van der Waals surface area contributed by atoms with Gasteiger partial charge in [-0.05, 0) is 38.1 Å². The Hall–Kier alpha value is -2.41. The van der Waals surface area contributed by atoms with E-state index < -0.39 is 15.0 Å². The molecule has 2 rings (SSSR count). The molecular formula is C14H13NO5S. The molecule has 0 atom stereocenters. The summed E-state index contributed by atoms with van der Waals surface area (Å²) < 4.78 is 29.2. The van der Waals surface area contributed by atoms with E-state index in [1.54, 1.807) is 12.1 Å². The van der Waals surface area contributed by atoms with Crippen LogP contribution in [0.4, 0.5) is 5.69 Å². The van der Waals surface area contributed by atoms with Gasteiger partial charge in [0.15, 0.2) is 0 Å². The van der Waals surface area contributed by atoms with Gasteiger partial charge in [-0.1, -0.05) is 17.7 Å². The second kappa shape index (κ2) is 5.53. The number of hydrogen-bond acceptors (Lipinski definition) is 5. The third-order valence-corrected chi connectivity index (χ3v) is 4.14. The minimum atomic E-state index is -3.95. The number of nitro groups is 1. The average molecular weight is 307 g/mol. The van der Waals surface area contributed by atoms with Crippen LogP contribution in [0.25, 0.3) is 0 Å². The van der Waals surface area contributed by atoms with Crippen LogP contribution >= 0.6 is 0 Å². The summed E-state index contributed by atoms with van der Waals surface area (Å²) in [6.45, 7) is 3.36. The molecule has 2 aromatic rings. The summed E-state index contributed by atoms with van der Waals surface area (Å²) in [5.74, 6) is 0.0404. The fraction of sp³-hybridized carbons (Fsp3) is 0.143. The summed E-state index contributed by atoms with van der Waals surface area (Å²) in [5.41, 5.74) is 1.17. The first-order valence-corrected chi connectivity index (χ1v) is 7.46. The van der Waals surface area contributed by atoms with Crippen LogP contribution in [-0.4, -0.2) is 13.3 Å². The van der Waals surface area contributed by atoms with Crippen LogP contribution in [0.15, 0.2) is 47.4 Å². The highest BCUT2D eigenvalue weighted by Gasteiger charge is 2.18. The molecule has 7 heteroatoms. The van der Waals surface area contributed by atoms with Crippen molar-refractivity contribution in [2.75, 3.05) is 0 Å². The second-order valence-electron chi connectivity index (χ2n) is 4.56. The molecule has 0 aliphatic rings. The van der Waals surface area contributed by atoms with E-state index in [9.17, 15) is 18.5 Å². The molecule has 0 spiro atoms. The van der Waals surface area contributed by atoms with Crippen LogP contribution in [-0.2, 0) is 10.1 Å². The van der Waals surface area contributed by atoms with Crippen molar-refractivity contribution in [3.05, 3.63) is 63.7 Å². The molecule has 0 bridgehead atoms. The monoisotopic (exact) mass is 307 g/mol. The Bertz CT molecular complexity index is 782. The molecule has 0 heterocycles. The largest absolute Gasteiger partial charge is 0.379 e. The Kier molecular flexibility index (Phi) is 3.95. The molecule has 2 aromatic carbocycles. The van der Waals surface area contributed by atoms with Crippen molar-refractivity contribution in [2.45, 2.75) is 18.7 Å². The number of rotatable bonds is 4. The highest BCUT2D eigenvalue weighted by molar-refractivity contribution is 7.87. The summed E-state index contributed by atoms with van der Waals surface area (Å²) in [6.07, 6.45) is 0. The molecule has 0 unspecified atom stereocenters. The molecule has 0 amide bonds. The summed E-state index contributed by atoms with van der Waals surface area (Å²) in [5, 5.41) is 10.7. The van der Waals surface area contributed by atoms with E-state index in [1.165, 1.54) is 37.3 Å². The van der Waals surface area contributed by atoms with Crippen molar-refractivity contribution in [1.82, 2.24) is 0 Å². The Morgan fingerprint density at radius 1 is 1.05 bits per heavy atom. The first-order chi connectivity index (χ1) is 9.79. The van der Waals surface area contributed by atoms with Gasteiger partial charge in [-0.15, -0.1) is 0 Å². The molecule has 0 N–H and O–H groups in total. The number of hydrogen-bond donors (Lipinski definition) is 0. The quantitative estimate of drug-likeness (QED) is 0.492. The summed E-state index contributed by atoms with van der Waals surface area (Å²) in [4.78, 5) is 10.2. The lowest BCUT2D eigenvalue weighted by atomic mass is 10.2. The zero-order valence-corrected chi connectivity index (χ0v) is 12.3. The van der Waals surface area contributed by atoms with Crippen LogP contribution < -0.4 is 4.18 Å². The molecule has 0 aliphatic heterocycles. The number of benzene rings is 2. The van der Waals surface area contributed by atoms with Crippen LogP contribution in [0.1, 0.15) is 11.1 Å². The maximum absolute atomic E-state index is 12.1. The SMILES string of the molecule is Cc1ccc(S(=O)(=O)Oc2ccc([N+](=O)[O-])c(C)c2)cc1. The second-order valence-corrected chi connectivity index (χ2v) is 6.10. The maximum Gasteiger partial charge on any atom is 0.339 e. The van der Waals surface area contributed by atoms with Crippen molar-refractivity contribution in [1.29, 1.82) is 0 Å². The average Bonchev–Trinajstić information content (AvgIpc) is 2.38. The molecule has 0 saturated carbocycles. The zero-order valence-electron chi connectivity index (χ0n) is 11.4. The molecular weight excluding hydrogens is 294 g/mol. The van der Waals surface area contributed by atoms with Crippen LogP contribution in [0.3, 0.4) is 0 Å². The van der Waals surface area contributed by atoms with E-state index in [4.69, 9.17) is 4.18 Å². The van der Waals surface area contributed by atoms with Gasteiger partial charge in [-0.2, -0.15) is 8.42 Å². The molecule has 0 radical (unpaired) electrons. The third-order valence-electron chi connectivity index (χ3n) is 2.88. The first-order valence-electron chi connectivity index (χ1n) is 6.06. The summed E-state index contributed by atoms with van der Waals surface area (Å²) in [7, 11) is -3.95. The molecule has 0 aromatic heterocycles. The van der Waals surface area contributed by atoms with Crippen LogP contribution in [0.2, 0.25) is 0 Å². The number of aryl methyl sites for hydroxylation is 2. The highest BCUT2D eigenvalue weighted by Crippen LogP contribution is 2.25. The first kappa shape index (κ1) is 15.0. The molecule has 21 heavy (non-hydrogen) atoms. The van der Waals surface area contributed by atoms with Gasteiger partial charge < -0.3 is 4.18 Å². The minimum absolute atomic E-state index is 0.0316. The van der Waals surface area contributed by atoms with E-state index in [2.05, 4.69) is 0 Å². The van der Waals surface area contributed by atoms with Gasteiger partial charge in [-0.25, -0.2) is 0 Å². The topological polar surface area (TPSA) is 86.5 Å². The Balaban J connectivity index is 2.31. The maximum atomic E-state index is 12.1. The van der Waals surface area contributed by atoms with Crippen LogP contribution in [0, 0.1) is 24.0 Å². The lowest BCUT2D eigenvalue weighted by Gasteiger charge is -2.08. The molecule has 0 aliphatic carbocycles. The smallest absolute Gasteiger partial charge is 0.339 e. The van der Waals surface area contributed by atoms with Crippen molar-refractivity contribution < 1.29 is 17.5 Å². The normalized spacial score (nSPS) is 11.1.